The molecule has 0 bridgehead atoms. The summed E-state index contributed by atoms with van der Waals surface area (Å²) in [5.41, 5.74) is 0.559. The van der Waals surface area contributed by atoms with Gasteiger partial charge in [0.05, 0.1) is 9.95 Å². The molecule has 6 nitrogen and oxygen atoms in total. The standard InChI is InChI=1S/C12H12Cl2N4O2S/c1-17-11(15-16-12(17)21-6-2-5-13)9-4-3-8(18(19)20)7-10(9)14/h3-4,7H,2,5-6H2,1H3. The van der Waals surface area contributed by atoms with Crippen molar-refractivity contribution in [3.8, 4) is 11.4 Å². The Morgan fingerprint density at radius 1 is 1.43 bits per heavy atom. The number of halogens is 2. The first-order valence-electron chi connectivity index (χ1n) is 6.07. The summed E-state index contributed by atoms with van der Waals surface area (Å²) in [7, 11) is 1.83. The van der Waals surface area contributed by atoms with Gasteiger partial charge in [-0.15, -0.1) is 21.8 Å². The highest BCUT2D eigenvalue weighted by Gasteiger charge is 2.16. The molecule has 0 unspecified atom stereocenters. The number of nitro benzene ring substituents is 1. The van der Waals surface area contributed by atoms with Crippen molar-refractivity contribution in [2.24, 2.45) is 7.05 Å². The molecule has 1 aromatic carbocycles. The number of hydrogen-bond acceptors (Lipinski definition) is 5. The number of thioether (sulfide) groups is 1. The summed E-state index contributed by atoms with van der Waals surface area (Å²) in [6, 6.07) is 4.29. The van der Waals surface area contributed by atoms with Gasteiger partial charge in [-0.2, -0.15) is 0 Å². The second-order valence-corrected chi connectivity index (χ2v) is 6.02. The highest BCUT2D eigenvalue weighted by atomic mass is 35.5. The third-order valence-corrected chi connectivity index (χ3v) is 4.43. The van der Waals surface area contributed by atoms with E-state index >= 15 is 0 Å². The van der Waals surface area contributed by atoms with E-state index in [1.807, 2.05) is 11.6 Å². The predicted octanol–water partition coefficient (Wildman–Crippen LogP) is 3.76. The van der Waals surface area contributed by atoms with Crippen molar-refractivity contribution < 1.29 is 4.92 Å². The molecule has 1 heterocycles. The lowest BCUT2D eigenvalue weighted by atomic mass is 10.2. The topological polar surface area (TPSA) is 73.8 Å². The van der Waals surface area contributed by atoms with Crippen molar-refractivity contribution in [2.75, 3.05) is 11.6 Å². The van der Waals surface area contributed by atoms with Crippen molar-refractivity contribution in [1.82, 2.24) is 14.8 Å². The second-order valence-electron chi connectivity index (χ2n) is 4.18. The van der Waals surface area contributed by atoms with E-state index in [0.29, 0.717) is 17.3 Å². The lowest BCUT2D eigenvalue weighted by Gasteiger charge is -2.05. The molecule has 9 heteroatoms. The summed E-state index contributed by atoms with van der Waals surface area (Å²) >= 11 is 13.3. The van der Waals surface area contributed by atoms with Crippen LogP contribution < -0.4 is 0 Å². The Bertz CT molecular complexity index is 663. The van der Waals surface area contributed by atoms with Crippen LogP contribution in [0, 0.1) is 10.1 Å². The molecule has 0 spiro atoms. The fraction of sp³-hybridized carbons (Fsp3) is 0.333. The van der Waals surface area contributed by atoms with Gasteiger partial charge in [-0.3, -0.25) is 10.1 Å². The molecule has 0 aliphatic heterocycles. The summed E-state index contributed by atoms with van der Waals surface area (Å²) in [5.74, 6) is 2.03. The van der Waals surface area contributed by atoms with Gasteiger partial charge in [0.15, 0.2) is 11.0 Å². The van der Waals surface area contributed by atoms with Crippen molar-refractivity contribution in [1.29, 1.82) is 0 Å². The van der Waals surface area contributed by atoms with Crippen LogP contribution in [-0.2, 0) is 7.05 Å². The number of alkyl halides is 1. The summed E-state index contributed by atoms with van der Waals surface area (Å²) in [5, 5.41) is 20.0. The Kier molecular flexibility index (Phi) is 5.44. The second kappa shape index (κ2) is 7.11. The highest BCUT2D eigenvalue weighted by molar-refractivity contribution is 7.99. The first-order valence-corrected chi connectivity index (χ1v) is 7.97. The van der Waals surface area contributed by atoms with Gasteiger partial charge in [0.25, 0.3) is 5.69 Å². The van der Waals surface area contributed by atoms with Crippen LogP contribution in [0.4, 0.5) is 5.69 Å². The molecular formula is C12H12Cl2N4O2S. The molecule has 0 aliphatic carbocycles. The van der Waals surface area contributed by atoms with E-state index in [1.165, 1.54) is 12.1 Å². The molecule has 21 heavy (non-hydrogen) atoms. The Balaban J connectivity index is 2.28. The van der Waals surface area contributed by atoms with Crippen molar-refractivity contribution in [2.45, 2.75) is 11.6 Å². The zero-order chi connectivity index (χ0) is 15.4. The van der Waals surface area contributed by atoms with Crippen molar-refractivity contribution in [3.05, 3.63) is 33.3 Å². The van der Waals surface area contributed by atoms with E-state index in [9.17, 15) is 10.1 Å². The smallest absolute Gasteiger partial charge is 0.270 e. The predicted molar refractivity (Wildman–Crippen MR) is 84.2 cm³/mol. The minimum atomic E-state index is -0.486. The van der Waals surface area contributed by atoms with E-state index in [-0.39, 0.29) is 10.7 Å². The average molecular weight is 347 g/mol. The van der Waals surface area contributed by atoms with Crippen LogP contribution in [-0.4, -0.2) is 31.3 Å². The quantitative estimate of drug-likeness (QED) is 0.261. The van der Waals surface area contributed by atoms with E-state index in [4.69, 9.17) is 23.2 Å². The largest absolute Gasteiger partial charge is 0.305 e. The van der Waals surface area contributed by atoms with Crippen LogP contribution in [0.25, 0.3) is 11.4 Å². The molecular weight excluding hydrogens is 335 g/mol. The van der Waals surface area contributed by atoms with E-state index in [2.05, 4.69) is 10.2 Å². The summed E-state index contributed by atoms with van der Waals surface area (Å²) in [6.07, 6.45) is 0.882. The Labute approximate surface area is 135 Å². The fourth-order valence-electron chi connectivity index (χ4n) is 1.69. The number of nitro groups is 1. The van der Waals surface area contributed by atoms with Crippen LogP contribution >= 0.6 is 35.0 Å². The first-order chi connectivity index (χ1) is 10.0. The number of aromatic nitrogens is 3. The van der Waals surface area contributed by atoms with Gasteiger partial charge in [-0.05, 0) is 12.5 Å². The maximum atomic E-state index is 10.7. The van der Waals surface area contributed by atoms with Crippen molar-refractivity contribution in [3.63, 3.8) is 0 Å². The third kappa shape index (κ3) is 3.66. The number of hydrogen-bond donors (Lipinski definition) is 0. The number of nitrogens with zero attached hydrogens (tertiary/aromatic N) is 4. The molecule has 0 N–H and O–H groups in total. The van der Waals surface area contributed by atoms with Gasteiger partial charge in [-0.25, -0.2) is 0 Å². The lowest BCUT2D eigenvalue weighted by molar-refractivity contribution is -0.384. The molecule has 2 aromatic rings. The van der Waals surface area contributed by atoms with E-state index < -0.39 is 4.92 Å². The van der Waals surface area contributed by atoms with E-state index in [0.717, 1.165) is 17.3 Å². The van der Waals surface area contributed by atoms with Gasteiger partial charge in [0.2, 0.25) is 0 Å². The van der Waals surface area contributed by atoms with Gasteiger partial charge in [0.1, 0.15) is 0 Å². The summed E-state index contributed by atoms with van der Waals surface area (Å²) in [4.78, 5) is 10.2. The lowest BCUT2D eigenvalue weighted by Crippen LogP contribution is -1.96. The summed E-state index contributed by atoms with van der Waals surface area (Å²) in [6.45, 7) is 0. The molecule has 0 amide bonds. The molecule has 2 rings (SSSR count). The monoisotopic (exact) mass is 346 g/mol. The summed E-state index contributed by atoms with van der Waals surface area (Å²) < 4.78 is 1.81. The molecule has 0 radical (unpaired) electrons. The normalized spacial score (nSPS) is 10.8. The molecule has 1 aromatic heterocycles. The van der Waals surface area contributed by atoms with E-state index in [1.54, 1.807) is 17.8 Å². The van der Waals surface area contributed by atoms with Crippen LogP contribution in [0.15, 0.2) is 23.4 Å². The molecule has 0 saturated heterocycles. The maximum absolute atomic E-state index is 10.7. The molecule has 0 saturated carbocycles. The molecule has 0 aliphatic rings. The fourth-order valence-corrected chi connectivity index (χ4v) is 3.09. The zero-order valence-electron chi connectivity index (χ0n) is 11.1. The maximum Gasteiger partial charge on any atom is 0.270 e. The SMILES string of the molecule is Cn1c(SCCCCl)nnc1-c1ccc([N+](=O)[O-])cc1Cl. The van der Waals surface area contributed by atoms with Crippen LogP contribution in [0.2, 0.25) is 5.02 Å². The van der Waals surface area contributed by atoms with Gasteiger partial charge < -0.3 is 4.57 Å². The third-order valence-electron chi connectivity index (χ3n) is 2.75. The number of rotatable bonds is 6. The average Bonchev–Trinajstić information content (AvgIpc) is 2.80. The Hall–Kier alpha value is -1.31. The minimum absolute atomic E-state index is 0.0531. The molecule has 0 atom stereocenters. The molecule has 112 valence electrons. The Morgan fingerprint density at radius 2 is 2.19 bits per heavy atom. The van der Waals surface area contributed by atoms with Crippen molar-refractivity contribution >= 4 is 40.7 Å². The number of benzene rings is 1. The van der Waals surface area contributed by atoms with Gasteiger partial charge >= 0.3 is 0 Å². The molecule has 0 fully saturated rings. The Morgan fingerprint density at radius 3 is 2.81 bits per heavy atom. The van der Waals surface area contributed by atoms with Crippen LogP contribution in [0.3, 0.4) is 0 Å². The first kappa shape index (κ1) is 16.1. The van der Waals surface area contributed by atoms with Crippen LogP contribution in [0.1, 0.15) is 6.42 Å². The van der Waals surface area contributed by atoms with Gasteiger partial charge in [0, 0.05) is 36.4 Å². The van der Waals surface area contributed by atoms with Crippen LogP contribution in [0.5, 0.6) is 0 Å². The minimum Gasteiger partial charge on any atom is -0.305 e. The number of non-ortho nitro benzene ring substituents is 1. The van der Waals surface area contributed by atoms with Gasteiger partial charge in [-0.1, -0.05) is 23.4 Å². The zero-order valence-corrected chi connectivity index (χ0v) is 13.5. The highest BCUT2D eigenvalue weighted by Crippen LogP contribution is 2.31.